The van der Waals surface area contributed by atoms with Crippen molar-refractivity contribution in [2.24, 2.45) is 5.92 Å². The van der Waals surface area contributed by atoms with Gasteiger partial charge in [0.1, 0.15) is 0 Å². The highest BCUT2D eigenvalue weighted by atomic mass is 16.7. The zero-order chi connectivity index (χ0) is 13.9. The third-order valence-corrected chi connectivity index (χ3v) is 3.54. The average Bonchev–Trinajstić information content (AvgIpc) is 2.93. The van der Waals surface area contributed by atoms with Crippen molar-refractivity contribution in [3.63, 3.8) is 0 Å². The van der Waals surface area contributed by atoms with Crippen molar-refractivity contribution in [2.75, 3.05) is 13.3 Å². The lowest BCUT2D eigenvalue weighted by molar-refractivity contribution is -0.129. The Labute approximate surface area is 116 Å². The van der Waals surface area contributed by atoms with Gasteiger partial charge in [-0.25, -0.2) is 0 Å². The summed E-state index contributed by atoms with van der Waals surface area (Å²) >= 11 is 0. The minimum Gasteiger partial charge on any atom is -0.454 e. The van der Waals surface area contributed by atoms with Crippen molar-refractivity contribution >= 4 is 11.8 Å². The van der Waals surface area contributed by atoms with Gasteiger partial charge < -0.3 is 20.1 Å². The number of nitrogens with one attached hydrogen (secondary N) is 2. The van der Waals surface area contributed by atoms with Crippen LogP contribution >= 0.6 is 0 Å². The van der Waals surface area contributed by atoms with E-state index in [0.29, 0.717) is 31.7 Å². The summed E-state index contributed by atoms with van der Waals surface area (Å²) in [6.07, 6.45) is 1.03. The van der Waals surface area contributed by atoms with Crippen LogP contribution in [0.25, 0.3) is 0 Å². The predicted octanol–water partition coefficient (Wildman–Crippen LogP) is 0.558. The van der Waals surface area contributed by atoms with Crippen molar-refractivity contribution in [3.8, 4) is 11.5 Å². The highest BCUT2D eigenvalue weighted by Gasteiger charge is 2.24. The van der Waals surface area contributed by atoms with Crippen LogP contribution in [0.2, 0.25) is 0 Å². The molecule has 20 heavy (non-hydrogen) atoms. The molecule has 0 spiro atoms. The van der Waals surface area contributed by atoms with Gasteiger partial charge in [0, 0.05) is 19.5 Å². The molecule has 1 aromatic carbocycles. The molecule has 1 fully saturated rings. The van der Waals surface area contributed by atoms with Crippen LogP contribution in [0.1, 0.15) is 18.4 Å². The Bertz CT molecular complexity index is 534. The normalized spacial score (nSPS) is 20.4. The molecule has 2 amide bonds. The highest BCUT2D eigenvalue weighted by molar-refractivity contribution is 5.83. The van der Waals surface area contributed by atoms with Crippen LogP contribution in [-0.4, -0.2) is 25.2 Å². The average molecular weight is 276 g/mol. The zero-order valence-electron chi connectivity index (χ0n) is 11.0. The van der Waals surface area contributed by atoms with Crippen LogP contribution in [-0.2, 0) is 16.1 Å². The van der Waals surface area contributed by atoms with Gasteiger partial charge >= 0.3 is 0 Å². The van der Waals surface area contributed by atoms with E-state index in [1.807, 2.05) is 18.2 Å². The van der Waals surface area contributed by atoms with E-state index in [4.69, 9.17) is 9.47 Å². The minimum absolute atomic E-state index is 0.0184. The van der Waals surface area contributed by atoms with Gasteiger partial charge in [-0.2, -0.15) is 0 Å². The molecule has 2 aliphatic rings. The van der Waals surface area contributed by atoms with Crippen LogP contribution in [0.15, 0.2) is 18.2 Å². The first kappa shape index (κ1) is 12.8. The van der Waals surface area contributed by atoms with E-state index < -0.39 is 0 Å². The van der Waals surface area contributed by atoms with Crippen molar-refractivity contribution < 1.29 is 19.1 Å². The fraction of sp³-hybridized carbons (Fsp3) is 0.429. The predicted molar refractivity (Wildman–Crippen MR) is 70.1 cm³/mol. The minimum atomic E-state index is -0.137. The van der Waals surface area contributed by atoms with Crippen molar-refractivity contribution in [3.05, 3.63) is 23.8 Å². The fourth-order valence-electron chi connectivity index (χ4n) is 2.34. The molecule has 1 aromatic rings. The molecular weight excluding hydrogens is 260 g/mol. The largest absolute Gasteiger partial charge is 0.454 e. The number of hydrogen-bond donors (Lipinski definition) is 2. The lowest BCUT2D eigenvalue weighted by atomic mass is 9.98. The number of fused-ring (bicyclic) bond motifs is 1. The maximum Gasteiger partial charge on any atom is 0.231 e. The van der Waals surface area contributed by atoms with E-state index in [2.05, 4.69) is 10.6 Å². The molecule has 106 valence electrons. The zero-order valence-corrected chi connectivity index (χ0v) is 11.0. The molecule has 0 bridgehead atoms. The Morgan fingerprint density at radius 3 is 3.00 bits per heavy atom. The summed E-state index contributed by atoms with van der Waals surface area (Å²) in [6.45, 7) is 1.11. The number of carbonyl (C=O) groups excluding carboxylic acids is 2. The molecule has 0 unspecified atom stereocenters. The first-order valence-electron chi connectivity index (χ1n) is 6.65. The smallest absolute Gasteiger partial charge is 0.231 e. The topological polar surface area (TPSA) is 76.7 Å². The van der Waals surface area contributed by atoms with Gasteiger partial charge in [-0.1, -0.05) is 6.07 Å². The van der Waals surface area contributed by atoms with E-state index in [1.54, 1.807) is 0 Å². The highest BCUT2D eigenvalue weighted by Crippen LogP contribution is 2.32. The number of amides is 2. The number of ether oxygens (including phenoxy) is 2. The summed E-state index contributed by atoms with van der Waals surface area (Å²) in [5.74, 6) is 1.30. The molecule has 0 aromatic heterocycles. The first-order valence-corrected chi connectivity index (χ1v) is 6.65. The van der Waals surface area contributed by atoms with Gasteiger partial charge in [0.15, 0.2) is 11.5 Å². The number of carbonyl (C=O) groups is 2. The van der Waals surface area contributed by atoms with E-state index in [-0.39, 0.29) is 24.5 Å². The van der Waals surface area contributed by atoms with Crippen LogP contribution in [0, 0.1) is 5.92 Å². The third-order valence-electron chi connectivity index (χ3n) is 3.54. The van der Waals surface area contributed by atoms with Crippen LogP contribution in [0.3, 0.4) is 0 Å². The van der Waals surface area contributed by atoms with E-state index in [9.17, 15) is 9.59 Å². The second-order valence-electron chi connectivity index (χ2n) is 4.95. The molecule has 0 saturated carbocycles. The molecule has 2 N–H and O–H groups in total. The van der Waals surface area contributed by atoms with Crippen LogP contribution < -0.4 is 20.1 Å². The standard InChI is InChI=1S/C14H16N2O4/c17-13-4-2-10(7-15-13)14(18)16-6-9-1-3-11-12(5-9)20-8-19-11/h1,3,5,10H,2,4,6-8H2,(H,15,17)(H,16,18)/t10-/m0/s1. The molecule has 6 heteroatoms. The fourth-order valence-corrected chi connectivity index (χ4v) is 2.34. The van der Waals surface area contributed by atoms with Gasteiger partial charge in [0.05, 0.1) is 5.92 Å². The second-order valence-corrected chi connectivity index (χ2v) is 4.95. The molecule has 6 nitrogen and oxygen atoms in total. The van der Waals surface area contributed by atoms with Crippen molar-refractivity contribution in [2.45, 2.75) is 19.4 Å². The maximum atomic E-state index is 12.0. The van der Waals surface area contributed by atoms with Gasteiger partial charge in [-0.3, -0.25) is 9.59 Å². The Morgan fingerprint density at radius 2 is 2.20 bits per heavy atom. The quantitative estimate of drug-likeness (QED) is 0.845. The van der Waals surface area contributed by atoms with E-state index in [1.165, 1.54) is 0 Å². The summed E-state index contributed by atoms with van der Waals surface area (Å²) < 4.78 is 10.5. The van der Waals surface area contributed by atoms with Gasteiger partial charge in [-0.05, 0) is 24.1 Å². The lowest BCUT2D eigenvalue weighted by Gasteiger charge is -2.21. The summed E-state index contributed by atoms with van der Waals surface area (Å²) in [7, 11) is 0. The molecule has 0 aliphatic carbocycles. The van der Waals surface area contributed by atoms with Gasteiger partial charge in [-0.15, -0.1) is 0 Å². The SMILES string of the molecule is O=C1CC[C@H](C(=O)NCc2ccc3c(c2)OCO3)CN1. The molecule has 1 saturated heterocycles. The van der Waals surface area contributed by atoms with Crippen molar-refractivity contribution in [1.82, 2.24) is 10.6 Å². The Morgan fingerprint density at radius 1 is 1.35 bits per heavy atom. The van der Waals surface area contributed by atoms with E-state index >= 15 is 0 Å². The van der Waals surface area contributed by atoms with Crippen LogP contribution in [0.4, 0.5) is 0 Å². The molecule has 3 rings (SSSR count). The number of piperidine rings is 1. The maximum absolute atomic E-state index is 12.0. The third kappa shape index (κ3) is 2.68. The van der Waals surface area contributed by atoms with Gasteiger partial charge in [0.2, 0.25) is 18.6 Å². The molecule has 2 heterocycles. The number of rotatable bonds is 3. The second kappa shape index (κ2) is 5.40. The number of hydrogen-bond acceptors (Lipinski definition) is 4. The Kier molecular flexibility index (Phi) is 3.45. The molecule has 2 aliphatic heterocycles. The Hall–Kier alpha value is -2.24. The van der Waals surface area contributed by atoms with Crippen LogP contribution in [0.5, 0.6) is 11.5 Å². The molecular formula is C14H16N2O4. The van der Waals surface area contributed by atoms with Gasteiger partial charge in [0.25, 0.3) is 0 Å². The van der Waals surface area contributed by atoms with E-state index in [0.717, 1.165) is 11.3 Å². The number of benzene rings is 1. The first-order chi connectivity index (χ1) is 9.72. The summed E-state index contributed by atoms with van der Waals surface area (Å²) in [6, 6.07) is 5.60. The summed E-state index contributed by atoms with van der Waals surface area (Å²) in [5, 5.41) is 5.60. The summed E-state index contributed by atoms with van der Waals surface area (Å²) in [5.41, 5.74) is 0.961. The molecule has 1 atom stereocenters. The Balaban J connectivity index is 1.54. The molecule has 0 radical (unpaired) electrons. The summed E-state index contributed by atoms with van der Waals surface area (Å²) in [4.78, 5) is 23.0. The monoisotopic (exact) mass is 276 g/mol. The lowest BCUT2D eigenvalue weighted by Crippen LogP contribution is -2.42. The van der Waals surface area contributed by atoms with Crippen molar-refractivity contribution in [1.29, 1.82) is 0 Å².